The lowest BCUT2D eigenvalue weighted by atomic mass is 10.1. The van der Waals surface area contributed by atoms with Gasteiger partial charge >= 0.3 is 0 Å². The minimum atomic E-state index is -0.322. The Kier molecular flexibility index (Phi) is 5.30. The highest BCUT2D eigenvalue weighted by Gasteiger charge is 2.20. The summed E-state index contributed by atoms with van der Waals surface area (Å²) in [5.41, 5.74) is 1.95. The monoisotopic (exact) mass is 335 g/mol. The molecule has 1 aliphatic heterocycles. The number of piperidine rings is 1. The van der Waals surface area contributed by atoms with Gasteiger partial charge in [-0.15, -0.1) is 11.3 Å². The maximum Gasteiger partial charge on any atom is 0.165 e. The van der Waals surface area contributed by atoms with Gasteiger partial charge in [-0.25, -0.2) is 4.39 Å². The van der Waals surface area contributed by atoms with Crippen molar-refractivity contribution in [2.45, 2.75) is 25.5 Å². The Morgan fingerprint density at radius 2 is 2.13 bits per heavy atom. The van der Waals surface area contributed by atoms with Gasteiger partial charge in [0.2, 0.25) is 0 Å². The van der Waals surface area contributed by atoms with Crippen molar-refractivity contribution in [3.8, 4) is 16.9 Å². The molecule has 3 rings (SSSR count). The van der Waals surface area contributed by atoms with Crippen LogP contribution in [0, 0.1) is 5.82 Å². The van der Waals surface area contributed by atoms with Crippen molar-refractivity contribution in [3.63, 3.8) is 0 Å². The Morgan fingerprint density at radius 1 is 1.26 bits per heavy atom. The number of likely N-dealkylation sites (tertiary alicyclic amines) is 1. The molecule has 1 aromatic heterocycles. The van der Waals surface area contributed by atoms with E-state index in [2.05, 4.69) is 16.3 Å². The van der Waals surface area contributed by atoms with E-state index in [0.29, 0.717) is 6.10 Å². The highest BCUT2D eigenvalue weighted by molar-refractivity contribution is 7.10. The van der Waals surface area contributed by atoms with E-state index in [4.69, 9.17) is 9.47 Å². The number of nitrogens with zero attached hydrogens (tertiary/aromatic N) is 1. The Labute approximate surface area is 140 Å². The van der Waals surface area contributed by atoms with Crippen LogP contribution < -0.4 is 4.74 Å². The van der Waals surface area contributed by atoms with E-state index in [1.165, 1.54) is 24.5 Å². The summed E-state index contributed by atoms with van der Waals surface area (Å²) in [5.74, 6) is -0.0418. The van der Waals surface area contributed by atoms with E-state index in [1.807, 2.05) is 6.07 Å². The summed E-state index contributed by atoms with van der Waals surface area (Å²) in [4.78, 5) is 3.73. The Bertz CT molecular complexity index is 658. The number of rotatable bonds is 5. The zero-order chi connectivity index (χ0) is 16.2. The predicted molar refractivity (Wildman–Crippen MR) is 91.6 cm³/mol. The summed E-state index contributed by atoms with van der Waals surface area (Å²) in [6, 6.07) is 7.26. The van der Waals surface area contributed by atoms with Crippen molar-refractivity contribution in [1.82, 2.24) is 4.90 Å². The fraction of sp³-hybridized carbons (Fsp3) is 0.444. The quantitative estimate of drug-likeness (QED) is 0.818. The second-order valence-electron chi connectivity index (χ2n) is 5.89. The van der Waals surface area contributed by atoms with Gasteiger partial charge in [0.25, 0.3) is 0 Å². The van der Waals surface area contributed by atoms with Crippen LogP contribution in [-0.4, -0.2) is 38.3 Å². The molecule has 1 aliphatic rings. The number of halogens is 1. The molecule has 0 amide bonds. The SMILES string of the molecule is COc1ccc(-c2csc(CN3CCCC(OC)C3)c2)cc1F. The van der Waals surface area contributed by atoms with Gasteiger partial charge in [0, 0.05) is 25.1 Å². The number of hydrogen-bond acceptors (Lipinski definition) is 4. The van der Waals surface area contributed by atoms with Crippen LogP contribution in [0.5, 0.6) is 5.75 Å². The first-order valence-corrected chi connectivity index (χ1v) is 8.74. The second kappa shape index (κ2) is 7.43. The van der Waals surface area contributed by atoms with Crippen molar-refractivity contribution in [2.75, 3.05) is 27.3 Å². The lowest BCUT2D eigenvalue weighted by Gasteiger charge is -2.31. The van der Waals surface area contributed by atoms with Gasteiger partial charge in [-0.05, 0) is 54.1 Å². The minimum absolute atomic E-state index is 0.281. The van der Waals surface area contributed by atoms with Crippen molar-refractivity contribution < 1.29 is 13.9 Å². The third-order valence-electron chi connectivity index (χ3n) is 4.31. The molecule has 5 heteroatoms. The van der Waals surface area contributed by atoms with Gasteiger partial charge in [0.05, 0.1) is 13.2 Å². The fourth-order valence-electron chi connectivity index (χ4n) is 3.03. The molecule has 1 saturated heterocycles. The Hall–Kier alpha value is -1.43. The molecule has 0 aliphatic carbocycles. The molecule has 2 heterocycles. The van der Waals surface area contributed by atoms with Crippen LogP contribution in [0.1, 0.15) is 17.7 Å². The molecule has 0 radical (unpaired) electrons. The minimum Gasteiger partial charge on any atom is -0.494 e. The van der Waals surface area contributed by atoms with Crippen molar-refractivity contribution in [2.24, 2.45) is 0 Å². The number of thiophene rings is 1. The summed E-state index contributed by atoms with van der Waals surface area (Å²) >= 11 is 1.73. The maximum absolute atomic E-state index is 13.9. The molecule has 1 atom stereocenters. The van der Waals surface area contributed by atoms with Gasteiger partial charge in [-0.2, -0.15) is 0 Å². The largest absolute Gasteiger partial charge is 0.494 e. The Morgan fingerprint density at radius 3 is 2.87 bits per heavy atom. The topological polar surface area (TPSA) is 21.7 Å². The average molecular weight is 335 g/mol. The lowest BCUT2D eigenvalue weighted by molar-refractivity contribution is 0.0289. The normalized spacial score (nSPS) is 19.0. The second-order valence-corrected chi connectivity index (χ2v) is 6.88. The number of methoxy groups -OCH3 is 2. The zero-order valence-electron chi connectivity index (χ0n) is 13.5. The molecular formula is C18H22FNO2S. The van der Waals surface area contributed by atoms with E-state index in [1.54, 1.807) is 24.5 Å². The van der Waals surface area contributed by atoms with Crippen LogP contribution in [0.4, 0.5) is 4.39 Å². The molecule has 23 heavy (non-hydrogen) atoms. The van der Waals surface area contributed by atoms with Gasteiger partial charge in [0.1, 0.15) is 0 Å². The molecule has 0 N–H and O–H groups in total. The lowest BCUT2D eigenvalue weighted by Crippen LogP contribution is -2.38. The van der Waals surface area contributed by atoms with E-state index in [-0.39, 0.29) is 11.6 Å². The van der Waals surface area contributed by atoms with Crippen molar-refractivity contribution in [3.05, 3.63) is 40.3 Å². The molecule has 1 unspecified atom stereocenters. The predicted octanol–water partition coefficient (Wildman–Crippen LogP) is 4.17. The first-order chi connectivity index (χ1) is 11.2. The maximum atomic E-state index is 13.9. The summed E-state index contributed by atoms with van der Waals surface area (Å²) in [5, 5.41) is 2.09. The zero-order valence-corrected chi connectivity index (χ0v) is 14.4. The standard InChI is InChI=1S/C18H22FNO2S/c1-21-15-4-3-7-20(10-15)11-16-8-14(12-23-16)13-5-6-18(22-2)17(19)9-13/h5-6,8-9,12,15H,3-4,7,10-11H2,1-2H3. The molecule has 0 bridgehead atoms. The van der Waals surface area contributed by atoms with Crippen LogP contribution in [0.2, 0.25) is 0 Å². The van der Waals surface area contributed by atoms with E-state index in [9.17, 15) is 4.39 Å². The molecule has 0 spiro atoms. The summed E-state index contributed by atoms with van der Waals surface area (Å²) in [6.07, 6.45) is 2.67. The summed E-state index contributed by atoms with van der Waals surface area (Å²) < 4.78 is 24.3. The average Bonchev–Trinajstić information content (AvgIpc) is 3.03. The molecule has 3 nitrogen and oxygen atoms in total. The van der Waals surface area contributed by atoms with E-state index >= 15 is 0 Å². The van der Waals surface area contributed by atoms with Crippen LogP contribution >= 0.6 is 11.3 Å². The summed E-state index contributed by atoms with van der Waals surface area (Å²) in [7, 11) is 3.27. The third kappa shape index (κ3) is 3.91. The molecule has 0 saturated carbocycles. The first-order valence-electron chi connectivity index (χ1n) is 7.86. The first kappa shape index (κ1) is 16.4. The van der Waals surface area contributed by atoms with E-state index < -0.39 is 0 Å². The van der Waals surface area contributed by atoms with Crippen LogP contribution in [0.25, 0.3) is 11.1 Å². The van der Waals surface area contributed by atoms with Crippen molar-refractivity contribution in [1.29, 1.82) is 0 Å². The molecule has 124 valence electrons. The highest BCUT2D eigenvalue weighted by atomic mass is 32.1. The van der Waals surface area contributed by atoms with Gasteiger partial charge in [0.15, 0.2) is 11.6 Å². The van der Waals surface area contributed by atoms with Crippen LogP contribution in [0.15, 0.2) is 29.6 Å². The van der Waals surface area contributed by atoms with Gasteiger partial charge < -0.3 is 9.47 Å². The van der Waals surface area contributed by atoms with Gasteiger partial charge in [-0.3, -0.25) is 4.90 Å². The smallest absolute Gasteiger partial charge is 0.165 e. The van der Waals surface area contributed by atoms with Crippen molar-refractivity contribution >= 4 is 11.3 Å². The Balaban J connectivity index is 1.69. The number of benzene rings is 1. The molecule has 2 aromatic rings. The van der Waals surface area contributed by atoms with Gasteiger partial charge in [-0.1, -0.05) is 6.07 Å². The molecule has 1 aromatic carbocycles. The van der Waals surface area contributed by atoms with Crippen LogP contribution in [-0.2, 0) is 11.3 Å². The molecular weight excluding hydrogens is 313 g/mol. The number of hydrogen-bond donors (Lipinski definition) is 0. The fourth-order valence-corrected chi connectivity index (χ4v) is 3.96. The third-order valence-corrected chi connectivity index (χ3v) is 5.24. The summed E-state index contributed by atoms with van der Waals surface area (Å²) in [6.45, 7) is 3.04. The highest BCUT2D eigenvalue weighted by Crippen LogP contribution is 2.30. The van der Waals surface area contributed by atoms with Crippen LogP contribution in [0.3, 0.4) is 0 Å². The van der Waals surface area contributed by atoms with E-state index in [0.717, 1.165) is 37.2 Å². The number of ether oxygens (including phenoxy) is 2. The molecule has 1 fully saturated rings.